The van der Waals surface area contributed by atoms with Crippen LogP contribution in [0.15, 0.2) is 42.5 Å². The molecule has 3 nitrogen and oxygen atoms in total. The van der Waals surface area contributed by atoms with Crippen molar-refractivity contribution in [1.29, 1.82) is 0 Å². The quantitative estimate of drug-likeness (QED) is 0.694. The summed E-state index contributed by atoms with van der Waals surface area (Å²) in [6.07, 6.45) is 2.10. The van der Waals surface area contributed by atoms with Crippen LogP contribution in [0.5, 0.6) is 0 Å². The third kappa shape index (κ3) is 1.40. The maximum Gasteiger partial charge on any atom is 0.187 e. The number of benzene rings is 1. The highest BCUT2D eigenvalue weighted by molar-refractivity contribution is 5.95. The van der Waals surface area contributed by atoms with Crippen molar-refractivity contribution in [2.45, 2.75) is 18.5 Å². The molecule has 0 radical (unpaired) electrons. The predicted octanol–water partition coefficient (Wildman–Crippen LogP) is 1.61. The molecule has 15 heavy (non-hydrogen) atoms. The zero-order chi connectivity index (χ0) is 10.3. The molecule has 0 aliphatic carbocycles. The first-order valence-electron chi connectivity index (χ1n) is 4.92. The zero-order valence-corrected chi connectivity index (χ0v) is 8.00. The second kappa shape index (κ2) is 3.29. The second-order valence-electron chi connectivity index (χ2n) is 3.65. The van der Waals surface area contributed by atoms with Gasteiger partial charge in [-0.15, -0.1) is 0 Å². The molecule has 0 amide bonds. The van der Waals surface area contributed by atoms with Crippen LogP contribution in [0.2, 0.25) is 0 Å². The molecule has 76 valence electrons. The summed E-state index contributed by atoms with van der Waals surface area (Å²) in [4.78, 5) is 11.5. The molecule has 2 aliphatic rings. The van der Waals surface area contributed by atoms with Gasteiger partial charge >= 0.3 is 0 Å². The topological polar surface area (TPSA) is 35.5 Å². The van der Waals surface area contributed by atoms with Crippen LogP contribution in [0.1, 0.15) is 11.7 Å². The summed E-state index contributed by atoms with van der Waals surface area (Å²) in [5.41, 5.74) is 0.988. The molecule has 3 heteroatoms. The standard InChI is InChI=1S/C12H10O3/c13-9-6-7-10-14-11(12(9)15-10)8-4-2-1-3-5-8/h1-7,10-12H/t10-,11-,12+/m0/s1. The highest BCUT2D eigenvalue weighted by atomic mass is 16.7. The molecule has 2 aliphatic heterocycles. The minimum Gasteiger partial charge on any atom is -0.338 e. The van der Waals surface area contributed by atoms with E-state index in [9.17, 15) is 4.79 Å². The van der Waals surface area contributed by atoms with Crippen LogP contribution in [-0.2, 0) is 14.3 Å². The molecule has 0 unspecified atom stereocenters. The number of ketones is 1. The number of fused-ring (bicyclic) bond motifs is 2. The number of rotatable bonds is 1. The van der Waals surface area contributed by atoms with E-state index in [1.54, 1.807) is 12.2 Å². The van der Waals surface area contributed by atoms with Crippen molar-refractivity contribution in [2.24, 2.45) is 0 Å². The summed E-state index contributed by atoms with van der Waals surface area (Å²) in [7, 11) is 0. The average Bonchev–Trinajstić information content (AvgIpc) is 2.65. The molecule has 2 heterocycles. The molecule has 0 spiro atoms. The van der Waals surface area contributed by atoms with Gasteiger partial charge in [0.05, 0.1) is 0 Å². The van der Waals surface area contributed by atoms with Gasteiger partial charge in [0.1, 0.15) is 6.10 Å². The SMILES string of the molecule is O=C1C=C[C@@H]2O[C@H]1[C@H](c1ccccc1)O2. The van der Waals surface area contributed by atoms with Gasteiger partial charge in [0.25, 0.3) is 0 Å². The molecule has 0 aromatic heterocycles. The minimum absolute atomic E-state index is 0.0161. The van der Waals surface area contributed by atoms with E-state index in [0.717, 1.165) is 5.56 Å². The Bertz CT molecular complexity index is 410. The molecule has 0 saturated carbocycles. The highest BCUT2D eigenvalue weighted by Crippen LogP contribution is 2.35. The van der Waals surface area contributed by atoms with E-state index in [1.807, 2.05) is 30.3 Å². The largest absolute Gasteiger partial charge is 0.338 e. The maximum absolute atomic E-state index is 11.5. The van der Waals surface area contributed by atoms with Crippen LogP contribution in [0, 0.1) is 0 Å². The number of carbonyl (C=O) groups is 1. The maximum atomic E-state index is 11.5. The molecular weight excluding hydrogens is 192 g/mol. The lowest BCUT2D eigenvalue weighted by atomic mass is 10.0. The normalized spacial score (nSPS) is 33.3. The molecule has 0 N–H and O–H groups in total. The lowest BCUT2D eigenvalue weighted by Crippen LogP contribution is -2.26. The number of hydrogen-bond donors (Lipinski definition) is 0. The Labute approximate surface area is 87.3 Å². The molecule has 1 aromatic rings. The van der Waals surface area contributed by atoms with Gasteiger partial charge in [0.2, 0.25) is 0 Å². The van der Waals surface area contributed by atoms with Crippen molar-refractivity contribution in [3.8, 4) is 0 Å². The van der Waals surface area contributed by atoms with Gasteiger partial charge in [-0.05, 0) is 17.7 Å². The molecular formula is C12H10O3. The van der Waals surface area contributed by atoms with Crippen molar-refractivity contribution in [1.82, 2.24) is 0 Å². The Balaban J connectivity index is 1.94. The summed E-state index contributed by atoms with van der Waals surface area (Å²) in [6.45, 7) is 0. The van der Waals surface area contributed by atoms with Gasteiger partial charge in [-0.2, -0.15) is 0 Å². The number of carbonyl (C=O) groups excluding carboxylic acids is 1. The van der Waals surface area contributed by atoms with E-state index in [0.29, 0.717) is 0 Å². The fraction of sp³-hybridized carbons (Fsp3) is 0.250. The first kappa shape index (κ1) is 8.83. The third-order valence-corrected chi connectivity index (χ3v) is 2.66. The van der Waals surface area contributed by atoms with Crippen molar-refractivity contribution in [3.05, 3.63) is 48.0 Å². The fourth-order valence-corrected chi connectivity index (χ4v) is 1.94. The summed E-state index contributed by atoms with van der Waals surface area (Å²) in [6, 6.07) is 9.69. The van der Waals surface area contributed by atoms with E-state index in [-0.39, 0.29) is 18.2 Å². The van der Waals surface area contributed by atoms with E-state index >= 15 is 0 Å². The van der Waals surface area contributed by atoms with Gasteiger partial charge < -0.3 is 9.47 Å². The van der Waals surface area contributed by atoms with Crippen LogP contribution in [0.4, 0.5) is 0 Å². The number of ether oxygens (including phenoxy) is 2. The Morgan fingerprint density at radius 2 is 1.73 bits per heavy atom. The first-order valence-corrected chi connectivity index (χ1v) is 4.92. The van der Waals surface area contributed by atoms with Crippen LogP contribution >= 0.6 is 0 Å². The summed E-state index contributed by atoms with van der Waals surface area (Å²) < 4.78 is 11.0. The van der Waals surface area contributed by atoms with Gasteiger partial charge in [-0.1, -0.05) is 30.3 Å². The predicted molar refractivity (Wildman–Crippen MR) is 53.1 cm³/mol. The Morgan fingerprint density at radius 1 is 1.00 bits per heavy atom. The lowest BCUT2D eigenvalue weighted by Gasteiger charge is -2.14. The fourth-order valence-electron chi connectivity index (χ4n) is 1.94. The minimum atomic E-state index is -0.470. The van der Waals surface area contributed by atoms with E-state index in [1.165, 1.54) is 0 Å². The molecule has 2 bridgehead atoms. The monoisotopic (exact) mass is 202 g/mol. The van der Waals surface area contributed by atoms with Crippen LogP contribution < -0.4 is 0 Å². The van der Waals surface area contributed by atoms with E-state index < -0.39 is 6.10 Å². The average molecular weight is 202 g/mol. The molecule has 1 aromatic carbocycles. The van der Waals surface area contributed by atoms with Gasteiger partial charge in [-0.3, -0.25) is 4.79 Å². The highest BCUT2D eigenvalue weighted by Gasteiger charge is 2.42. The zero-order valence-electron chi connectivity index (χ0n) is 8.00. The summed E-state index contributed by atoms with van der Waals surface area (Å²) in [5.74, 6) is -0.0161. The van der Waals surface area contributed by atoms with Crippen molar-refractivity contribution >= 4 is 5.78 Å². The summed E-state index contributed by atoms with van der Waals surface area (Å²) >= 11 is 0. The van der Waals surface area contributed by atoms with Gasteiger partial charge in [-0.25, -0.2) is 0 Å². The smallest absolute Gasteiger partial charge is 0.187 e. The Hall–Kier alpha value is -1.45. The molecule has 1 saturated heterocycles. The second-order valence-corrected chi connectivity index (χ2v) is 3.65. The molecule has 3 atom stereocenters. The van der Waals surface area contributed by atoms with Crippen molar-refractivity contribution in [3.63, 3.8) is 0 Å². The van der Waals surface area contributed by atoms with Crippen LogP contribution in [0.3, 0.4) is 0 Å². The van der Waals surface area contributed by atoms with Crippen molar-refractivity contribution in [2.75, 3.05) is 0 Å². The third-order valence-electron chi connectivity index (χ3n) is 2.66. The number of hydrogen-bond acceptors (Lipinski definition) is 3. The van der Waals surface area contributed by atoms with E-state index in [2.05, 4.69) is 0 Å². The van der Waals surface area contributed by atoms with Crippen LogP contribution in [-0.4, -0.2) is 18.2 Å². The Morgan fingerprint density at radius 3 is 2.53 bits per heavy atom. The van der Waals surface area contributed by atoms with Crippen molar-refractivity contribution < 1.29 is 14.3 Å². The van der Waals surface area contributed by atoms with E-state index in [4.69, 9.17) is 9.47 Å². The molecule has 3 rings (SSSR count). The first-order chi connectivity index (χ1) is 7.34. The molecule has 1 fully saturated rings. The van der Waals surface area contributed by atoms with Gasteiger partial charge in [0.15, 0.2) is 18.2 Å². The summed E-state index contributed by atoms with van der Waals surface area (Å²) in [5, 5.41) is 0. The lowest BCUT2D eigenvalue weighted by molar-refractivity contribution is -0.126. The van der Waals surface area contributed by atoms with Crippen LogP contribution in [0.25, 0.3) is 0 Å². The Kier molecular flexibility index (Phi) is 1.94. The van der Waals surface area contributed by atoms with Gasteiger partial charge in [0, 0.05) is 0 Å².